The Bertz CT molecular complexity index is 523. The van der Waals surface area contributed by atoms with E-state index in [0.717, 1.165) is 6.26 Å². The van der Waals surface area contributed by atoms with Crippen LogP contribution in [0, 0.1) is 0 Å². The molecule has 100 valence electrons. The van der Waals surface area contributed by atoms with E-state index in [1.54, 1.807) is 18.2 Å². The van der Waals surface area contributed by atoms with Crippen molar-refractivity contribution >= 4 is 44.6 Å². The largest absolute Gasteiger partial charge is 0.326 e. The lowest BCUT2D eigenvalue weighted by molar-refractivity contribution is -0.116. The van der Waals surface area contributed by atoms with Gasteiger partial charge in [-0.15, -0.1) is 0 Å². The van der Waals surface area contributed by atoms with Crippen LogP contribution in [0.2, 0.25) is 10.0 Å². The Kier molecular flexibility index (Phi) is 5.44. The number of sulfone groups is 1. The van der Waals surface area contributed by atoms with E-state index in [4.69, 9.17) is 23.2 Å². The Hall–Kier alpha value is -0.780. The number of carbonyl (C=O) groups is 1. The van der Waals surface area contributed by atoms with Gasteiger partial charge in [0.05, 0.1) is 5.75 Å². The molecule has 1 aromatic rings. The molecule has 7 heteroatoms. The zero-order valence-electron chi connectivity index (χ0n) is 9.74. The van der Waals surface area contributed by atoms with E-state index in [1.807, 2.05) is 0 Å². The van der Waals surface area contributed by atoms with Crippen molar-refractivity contribution in [1.82, 2.24) is 0 Å². The van der Waals surface area contributed by atoms with Crippen LogP contribution in [0.25, 0.3) is 0 Å². The van der Waals surface area contributed by atoms with E-state index >= 15 is 0 Å². The molecular formula is C11H13Cl2NO3S. The molecule has 0 bridgehead atoms. The van der Waals surface area contributed by atoms with E-state index in [0.29, 0.717) is 22.2 Å². The highest BCUT2D eigenvalue weighted by molar-refractivity contribution is 7.90. The van der Waals surface area contributed by atoms with Crippen LogP contribution in [0.4, 0.5) is 5.69 Å². The number of rotatable bonds is 5. The average molecular weight is 310 g/mol. The smallest absolute Gasteiger partial charge is 0.224 e. The standard InChI is InChI=1S/C11H13Cl2NO3S/c1-18(16,17)4-2-3-11(15)14-10-6-8(12)5-9(13)7-10/h5-7H,2-4H2,1H3,(H,14,15). The molecule has 0 aromatic heterocycles. The third kappa shape index (κ3) is 6.23. The predicted molar refractivity (Wildman–Crippen MR) is 74.0 cm³/mol. The number of hydrogen-bond donors (Lipinski definition) is 1. The van der Waals surface area contributed by atoms with Crippen LogP contribution in [0.15, 0.2) is 18.2 Å². The van der Waals surface area contributed by atoms with Crippen LogP contribution in [0.3, 0.4) is 0 Å². The first-order chi connectivity index (χ1) is 8.26. The summed E-state index contributed by atoms with van der Waals surface area (Å²) in [6, 6.07) is 4.70. The van der Waals surface area contributed by atoms with Crippen molar-refractivity contribution in [3.8, 4) is 0 Å². The van der Waals surface area contributed by atoms with Crippen molar-refractivity contribution in [1.29, 1.82) is 0 Å². The van der Waals surface area contributed by atoms with Gasteiger partial charge in [-0.05, 0) is 24.6 Å². The predicted octanol–water partition coefficient (Wildman–Crippen LogP) is 2.76. The third-order valence-corrected chi connectivity index (χ3v) is 3.53. The zero-order chi connectivity index (χ0) is 13.8. The van der Waals surface area contributed by atoms with Gasteiger partial charge in [-0.2, -0.15) is 0 Å². The lowest BCUT2D eigenvalue weighted by Crippen LogP contribution is -2.13. The van der Waals surface area contributed by atoms with Crippen LogP contribution in [-0.2, 0) is 14.6 Å². The normalized spacial score (nSPS) is 11.3. The molecule has 1 aromatic carbocycles. The molecule has 4 nitrogen and oxygen atoms in total. The third-order valence-electron chi connectivity index (χ3n) is 2.07. The molecule has 1 N–H and O–H groups in total. The Balaban J connectivity index is 2.49. The average Bonchev–Trinajstić information content (AvgIpc) is 2.12. The first kappa shape index (κ1) is 15.3. The SMILES string of the molecule is CS(=O)(=O)CCCC(=O)Nc1cc(Cl)cc(Cl)c1. The molecule has 1 amide bonds. The first-order valence-electron chi connectivity index (χ1n) is 5.20. The summed E-state index contributed by atoms with van der Waals surface area (Å²) >= 11 is 11.6. The van der Waals surface area contributed by atoms with Gasteiger partial charge in [-0.25, -0.2) is 8.42 Å². The Morgan fingerprint density at radius 3 is 2.28 bits per heavy atom. The molecule has 0 aliphatic heterocycles. The van der Waals surface area contributed by atoms with Crippen LogP contribution in [0.1, 0.15) is 12.8 Å². The Morgan fingerprint density at radius 2 is 1.78 bits per heavy atom. The molecule has 1 rings (SSSR count). The highest BCUT2D eigenvalue weighted by Crippen LogP contribution is 2.22. The summed E-state index contributed by atoms with van der Waals surface area (Å²) in [5, 5.41) is 3.46. The fourth-order valence-corrected chi connectivity index (χ4v) is 2.54. The number of carbonyl (C=O) groups excluding carboxylic acids is 1. The summed E-state index contributed by atoms with van der Waals surface area (Å²) < 4.78 is 21.8. The highest BCUT2D eigenvalue weighted by Gasteiger charge is 2.07. The van der Waals surface area contributed by atoms with Crippen molar-refractivity contribution < 1.29 is 13.2 Å². The number of amides is 1. The fourth-order valence-electron chi connectivity index (χ4n) is 1.34. The Labute approximate surface area is 116 Å². The van der Waals surface area contributed by atoms with Gasteiger partial charge in [0, 0.05) is 28.4 Å². The summed E-state index contributed by atoms with van der Waals surface area (Å²) in [6.07, 6.45) is 1.57. The number of hydrogen-bond acceptors (Lipinski definition) is 3. The van der Waals surface area contributed by atoms with Crippen LogP contribution in [-0.4, -0.2) is 26.3 Å². The number of anilines is 1. The van der Waals surface area contributed by atoms with Crippen molar-refractivity contribution in [3.63, 3.8) is 0 Å². The van der Waals surface area contributed by atoms with Crippen molar-refractivity contribution in [3.05, 3.63) is 28.2 Å². The fraction of sp³-hybridized carbons (Fsp3) is 0.364. The van der Waals surface area contributed by atoms with Crippen LogP contribution >= 0.6 is 23.2 Å². The molecule has 0 unspecified atom stereocenters. The van der Waals surface area contributed by atoms with E-state index in [9.17, 15) is 13.2 Å². The monoisotopic (exact) mass is 309 g/mol. The van der Waals surface area contributed by atoms with E-state index in [-0.39, 0.29) is 18.1 Å². The summed E-state index contributed by atoms with van der Waals surface area (Å²) in [4.78, 5) is 11.5. The number of halogens is 2. The molecule has 0 spiro atoms. The second-order valence-electron chi connectivity index (χ2n) is 3.94. The number of benzene rings is 1. The second-order valence-corrected chi connectivity index (χ2v) is 7.07. The number of nitrogens with one attached hydrogen (secondary N) is 1. The molecule has 0 aliphatic rings. The minimum atomic E-state index is -3.03. The lowest BCUT2D eigenvalue weighted by atomic mass is 10.3. The van der Waals surface area contributed by atoms with E-state index in [1.165, 1.54) is 0 Å². The van der Waals surface area contributed by atoms with E-state index in [2.05, 4.69) is 5.32 Å². The maximum Gasteiger partial charge on any atom is 0.224 e. The zero-order valence-corrected chi connectivity index (χ0v) is 12.1. The highest BCUT2D eigenvalue weighted by atomic mass is 35.5. The molecule has 0 heterocycles. The molecular weight excluding hydrogens is 297 g/mol. The summed E-state index contributed by atoms with van der Waals surface area (Å²) in [7, 11) is -3.03. The maximum atomic E-state index is 11.5. The molecule has 18 heavy (non-hydrogen) atoms. The second kappa shape index (κ2) is 6.41. The van der Waals surface area contributed by atoms with Gasteiger partial charge >= 0.3 is 0 Å². The minimum absolute atomic E-state index is 0.00325. The topological polar surface area (TPSA) is 63.2 Å². The van der Waals surface area contributed by atoms with Gasteiger partial charge in [0.1, 0.15) is 9.84 Å². The first-order valence-corrected chi connectivity index (χ1v) is 8.01. The van der Waals surface area contributed by atoms with Crippen molar-refractivity contribution in [2.45, 2.75) is 12.8 Å². The summed E-state index contributed by atoms with van der Waals surface area (Å²) in [6.45, 7) is 0. The molecule has 0 atom stereocenters. The molecule has 0 radical (unpaired) electrons. The Morgan fingerprint density at radius 1 is 1.22 bits per heavy atom. The van der Waals surface area contributed by atoms with Gasteiger partial charge in [-0.3, -0.25) is 4.79 Å². The molecule has 0 saturated heterocycles. The quantitative estimate of drug-likeness (QED) is 0.909. The minimum Gasteiger partial charge on any atom is -0.326 e. The van der Waals surface area contributed by atoms with Gasteiger partial charge in [0.15, 0.2) is 0 Å². The van der Waals surface area contributed by atoms with Crippen molar-refractivity contribution in [2.24, 2.45) is 0 Å². The summed E-state index contributed by atoms with van der Waals surface area (Å²) in [5.74, 6) is -0.270. The van der Waals surface area contributed by atoms with Gasteiger partial charge < -0.3 is 5.32 Å². The summed E-state index contributed by atoms with van der Waals surface area (Å²) in [5.41, 5.74) is 0.497. The molecule has 0 fully saturated rings. The van der Waals surface area contributed by atoms with Gasteiger partial charge in [0.25, 0.3) is 0 Å². The molecule has 0 aliphatic carbocycles. The van der Waals surface area contributed by atoms with Crippen molar-refractivity contribution in [2.75, 3.05) is 17.3 Å². The van der Waals surface area contributed by atoms with Crippen LogP contribution < -0.4 is 5.32 Å². The maximum absolute atomic E-state index is 11.5. The van der Waals surface area contributed by atoms with E-state index < -0.39 is 9.84 Å². The van der Waals surface area contributed by atoms with Gasteiger partial charge in [-0.1, -0.05) is 23.2 Å². The van der Waals surface area contributed by atoms with Crippen LogP contribution in [0.5, 0.6) is 0 Å². The van der Waals surface area contributed by atoms with Gasteiger partial charge in [0.2, 0.25) is 5.91 Å². The molecule has 0 saturated carbocycles. The lowest BCUT2D eigenvalue weighted by Gasteiger charge is -2.06.